The van der Waals surface area contributed by atoms with Crippen LogP contribution >= 0.6 is 0 Å². The van der Waals surface area contributed by atoms with E-state index in [-0.39, 0.29) is 11.4 Å². The topological polar surface area (TPSA) is 66.9 Å². The second kappa shape index (κ2) is 6.78. The normalized spacial score (nSPS) is 10.2. The molecule has 2 heterocycles. The number of nitrogens with one attached hydrogen (secondary N) is 2. The van der Waals surface area contributed by atoms with Gasteiger partial charge in [-0.3, -0.25) is 4.79 Å². The summed E-state index contributed by atoms with van der Waals surface area (Å²) in [4.78, 5) is 20.0. The van der Waals surface area contributed by atoms with E-state index in [4.69, 9.17) is 0 Å². The fourth-order valence-corrected chi connectivity index (χ4v) is 1.77. The highest BCUT2D eigenvalue weighted by atomic mass is 19.1. The summed E-state index contributed by atoms with van der Waals surface area (Å²) < 4.78 is 14.2. The number of aromatic nitrogens is 2. The number of pyridine rings is 2. The van der Waals surface area contributed by atoms with Crippen molar-refractivity contribution in [2.75, 3.05) is 17.2 Å². The predicted molar refractivity (Wildman–Crippen MR) is 79.9 cm³/mol. The molecule has 0 saturated heterocycles. The molecule has 0 spiro atoms. The molecule has 0 bridgehead atoms. The Bertz CT molecular complexity index is 645. The van der Waals surface area contributed by atoms with Gasteiger partial charge in [0.25, 0.3) is 5.91 Å². The Balaban J connectivity index is 2.19. The summed E-state index contributed by atoms with van der Waals surface area (Å²) in [6, 6.07) is 4.88. The Morgan fingerprint density at radius 2 is 2.05 bits per heavy atom. The van der Waals surface area contributed by atoms with Gasteiger partial charge in [0.1, 0.15) is 5.82 Å². The molecular formula is C15H17FN4O. The molecular weight excluding hydrogens is 271 g/mol. The van der Waals surface area contributed by atoms with Crippen molar-refractivity contribution in [2.45, 2.75) is 20.3 Å². The molecule has 0 aliphatic carbocycles. The van der Waals surface area contributed by atoms with E-state index in [1.807, 2.05) is 19.9 Å². The van der Waals surface area contributed by atoms with Crippen LogP contribution in [0, 0.1) is 12.7 Å². The van der Waals surface area contributed by atoms with Crippen molar-refractivity contribution >= 4 is 17.5 Å². The molecule has 1 amide bonds. The number of carbonyl (C=O) groups is 1. The minimum absolute atomic E-state index is 0.0630. The lowest BCUT2D eigenvalue weighted by molar-refractivity contribution is 0.102. The summed E-state index contributed by atoms with van der Waals surface area (Å²) in [7, 11) is 0. The number of aryl methyl sites for hydroxylation is 1. The number of halogens is 1. The van der Waals surface area contributed by atoms with Crippen LogP contribution in [0.1, 0.15) is 29.3 Å². The lowest BCUT2D eigenvalue weighted by Gasteiger charge is -2.09. The third kappa shape index (κ3) is 3.75. The molecule has 0 aromatic carbocycles. The summed E-state index contributed by atoms with van der Waals surface area (Å²) in [5.41, 5.74) is 0.896. The van der Waals surface area contributed by atoms with Crippen molar-refractivity contribution in [2.24, 2.45) is 0 Å². The molecule has 0 radical (unpaired) electrons. The number of anilines is 2. The highest BCUT2D eigenvalue weighted by molar-refractivity contribution is 6.04. The van der Waals surface area contributed by atoms with Crippen molar-refractivity contribution in [1.82, 2.24) is 9.97 Å². The molecule has 110 valence electrons. The molecule has 0 saturated carbocycles. The van der Waals surface area contributed by atoms with Gasteiger partial charge in [0, 0.05) is 18.9 Å². The van der Waals surface area contributed by atoms with Crippen LogP contribution in [-0.2, 0) is 0 Å². The van der Waals surface area contributed by atoms with Crippen LogP contribution in [0.5, 0.6) is 0 Å². The van der Waals surface area contributed by atoms with Crippen LogP contribution in [-0.4, -0.2) is 22.4 Å². The highest BCUT2D eigenvalue weighted by Crippen LogP contribution is 2.16. The molecule has 0 aliphatic heterocycles. The zero-order valence-corrected chi connectivity index (χ0v) is 12.0. The van der Waals surface area contributed by atoms with Gasteiger partial charge >= 0.3 is 0 Å². The van der Waals surface area contributed by atoms with Gasteiger partial charge in [-0.25, -0.2) is 14.4 Å². The largest absolute Gasteiger partial charge is 0.368 e. The fraction of sp³-hybridized carbons (Fsp3) is 0.267. The fourth-order valence-electron chi connectivity index (χ4n) is 1.77. The van der Waals surface area contributed by atoms with Gasteiger partial charge in [0.05, 0.1) is 5.56 Å². The SMILES string of the molecule is CCCNc1nccc(C(=O)Nc2cc(C)ccn2)c1F. The number of nitrogens with zero attached hydrogens (tertiary/aromatic N) is 2. The predicted octanol–water partition coefficient (Wildman–Crippen LogP) is 3.00. The minimum Gasteiger partial charge on any atom is -0.368 e. The third-order valence-electron chi connectivity index (χ3n) is 2.83. The first-order valence-corrected chi connectivity index (χ1v) is 6.74. The molecule has 5 nitrogen and oxygen atoms in total. The van der Waals surface area contributed by atoms with E-state index >= 15 is 0 Å². The number of amides is 1. The minimum atomic E-state index is -0.656. The second-order valence-electron chi connectivity index (χ2n) is 4.62. The first kappa shape index (κ1) is 14.9. The molecule has 0 unspecified atom stereocenters. The first-order chi connectivity index (χ1) is 10.1. The number of hydrogen-bond donors (Lipinski definition) is 2. The van der Waals surface area contributed by atoms with Gasteiger partial charge in [-0.1, -0.05) is 6.92 Å². The van der Waals surface area contributed by atoms with Crippen molar-refractivity contribution < 1.29 is 9.18 Å². The van der Waals surface area contributed by atoms with Gasteiger partial charge in [-0.15, -0.1) is 0 Å². The molecule has 2 rings (SSSR count). The lowest BCUT2D eigenvalue weighted by Crippen LogP contribution is -2.16. The molecule has 21 heavy (non-hydrogen) atoms. The molecule has 2 N–H and O–H groups in total. The Morgan fingerprint density at radius 1 is 1.29 bits per heavy atom. The van der Waals surface area contributed by atoms with E-state index < -0.39 is 11.7 Å². The van der Waals surface area contributed by atoms with Gasteiger partial charge in [-0.05, 0) is 37.1 Å². The van der Waals surface area contributed by atoms with Crippen molar-refractivity contribution in [1.29, 1.82) is 0 Å². The monoisotopic (exact) mass is 288 g/mol. The summed E-state index contributed by atoms with van der Waals surface area (Å²) >= 11 is 0. The summed E-state index contributed by atoms with van der Waals surface area (Å²) in [5.74, 6) is -0.732. The molecule has 0 atom stereocenters. The van der Waals surface area contributed by atoms with Crippen molar-refractivity contribution in [3.63, 3.8) is 0 Å². The van der Waals surface area contributed by atoms with Gasteiger partial charge < -0.3 is 10.6 Å². The molecule has 2 aromatic rings. The van der Waals surface area contributed by atoms with Crippen LogP contribution in [0.25, 0.3) is 0 Å². The van der Waals surface area contributed by atoms with Crippen molar-refractivity contribution in [3.05, 3.63) is 47.5 Å². The maximum Gasteiger partial charge on any atom is 0.259 e. The van der Waals surface area contributed by atoms with E-state index in [0.29, 0.717) is 12.4 Å². The third-order valence-corrected chi connectivity index (χ3v) is 2.83. The first-order valence-electron chi connectivity index (χ1n) is 6.74. The van der Waals surface area contributed by atoms with Gasteiger partial charge in [0.15, 0.2) is 11.6 Å². The van der Waals surface area contributed by atoms with Crippen LogP contribution in [0.4, 0.5) is 16.0 Å². The smallest absolute Gasteiger partial charge is 0.259 e. The summed E-state index contributed by atoms with van der Waals surface area (Å²) in [5, 5.41) is 5.43. The van der Waals surface area contributed by atoms with E-state index in [1.54, 1.807) is 12.3 Å². The molecule has 2 aromatic heterocycles. The maximum absolute atomic E-state index is 14.2. The van der Waals surface area contributed by atoms with E-state index in [2.05, 4.69) is 20.6 Å². The van der Waals surface area contributed by atoms with E-state index in [1.165, 1.54) is 12.3 Å². The standard InChI is InChI=1S/C15H17FN4O/c1-3-6-18-14-13(16)11(5-8-19-14)15(21)20-12-9-10(2)4-7-17-12/h4-5,7-9H,3,6H2,1-2H3,(H,18,19)(H,17,20,21). The van der Waals surface area contributed by atoms with Crippen LogP contribution in [0.3, 0.4) is 0 Å². The van der Waals surface area contributed by atoms with Gasteiger partial charge in [0.2, 0.25) is 0 Å². The zero-order chi connectivity index (χ0) is 15.2. The molecule has 6 heteroatoms. The number of carbonyl (C=O) groups excluding carboxylic acids is 1. The Morgan fingerprint density at radius 3 is 2.76 bits per heavy atom. The molecule has 0 aliphatic rings. The Kier molecular flexibility index (Phi) is 4.81. The zero-order valence-electron chi connectivity index (χ0n) is 12.0. The highest BCUT2D eigenvalue weighted by Gasteiger charge is 2.16. The van der Waals surface area contributed by atoms with E-state index in [9.17, 15) is 9.18 Å². The maximum atomic E-state index is 14.2. The molecule has 0 fully saturated rings. The van der Waals surface area contributed by atoms with E-state index in [0.717, 1.165) is 12.0 Å². The average molecular weight is 288 g/mol. The summed E-state index contributed by atoms with van der Waals surface area (Å²) in [6.07, 6.45) is 3.83. The van der Waals surface area contributed by atoms with Gasteiger partial charge in [-0.2, -0.15) is 0 Å². The van der Waals surface area contributed by atoms with Crippen LogP contribution in [0.15, 0.2) is 30.6 Å². The Labute approximate surface area is 122 Å². The number of rotatable bonds is 5. The number of hydrogen-bond acceptors (Lipinski definition) is 4. The average Bonchev–Trinajstić information content (AvgIpc) is 2.46. The van der Waals surface area contributed by atoms with Crippen LogP contribution in [0.2, 0.25) is 0 Å². The quantitative estimate of drug-likeness (QED) is 0.887. The lowest BCUT2D eigenvalue weighted by atomic mass is 10.2. The second-order valence-corrected chi connectivity index (χ2v) is 4.62. The Hall–Kier alpha value is -2.50. The van der Waals surface area contributed by atoms with Crippen LogP contribution < -0.4 is 10.6 Å². The summed E-state index contributed by atoms with van der Waals surface area (Å²) in [6.45, 7) is 4.44. The van der Waals surface area contributed by atoms with Crippen molar-refractivity contribution in [3.8, 4) is 0 Å².